The molecule has 0 heterocycles. The van der Waals surface area contributed by atoms with Crippen LogP contribution in [0.15, 0.2) is 16.6 Å². The van der Waals surface area contributed by atoms with Gasteiger partial charge in [0.25, 0.3) is 0 Å². The molecule has 0 bridgehead atoms. The molecule has 3 nitrogen and oxygen atoms in total. The summed E-state index contributed by atoms with van der Waals surface area (Å²) in [6, 6.07) is 3.18. The molecule has 2 N–H and O–H groups in total. The van der Waals surface area contributed by atoms with E-state index in [4.69, 9.17) is 10.6 Å². The van der Waals surface area contributed by atoms with Crippen LogP contribution in [0.2, 0.25) is 0 Å². The Morgan fingerprint density at radius 3 is 2.71 bits per heavy atom. The summed E-state index contributed by atoms with van der Waals surface area (Å²) in [5.74, 6) is 4.69. The maximum atomic E-state index is 13.3. The van der Waals surface area contributed by atoms with Crippen LogP contribution < -0.4 is 10.6 Å². The van der Waals surface area contributed by atoms with E-state index >= 15 is 0 Å². The highest BCUT2D eigenvalue weighted by Crippen LogP contribution is 2.29. The molecule has 0 unspecified atom stereocenters. The lowest BCUT2D eigenvalue weighted by Crippen LogP contribution is -2.04. The number of halogens is 2. The molecule has 0 aliphatic carbocycles. The fourth-order valence-electron chi connectivity index (χ4n) is 1.13. The minimum Gasteiger partial charge on any atom is -0.492 e. The van der Waals surface area contributed by atoms with Gasteiger partial charge in [-0.3, -0.25) is 0 Å². The van der Waals surface area contributed by atoms with Crippen LogP contribution in [0.5, 0.6) is 5.75 Å². The van der Waals surface area contributed by atoms with Crippen LogP contribution in [0, 0.1) is 5.82 Å². The first-order valence-corrected chi connectivity index (χ1v) is 4.82. The van der Waals surface area contributed by atoms with Gasteiger partial charge in [0.2, 0.25) is 0 Å². The molecule has 0 aromatic heterocycles. The standard InChI is InChI=1S/C9H11BrFNO2/c1-13-9-7(10)4-6(2-3-14-12)5-8(9)11/h4-5H,2-3,12H2,1H3. The zero-order chi connectivity index (χ0) is 10.6. The number of hydrogen-bond acceptors (Lipinski definition) is 3. The van der Waals surface area contributed by atoms with Gasteiger partial charge in [-0.15, -0.1) is 0 Å². The van der Waals surface area contributed by atoms with Gasteiger partial charge in [0.15, 0.2) is 11.6 Å². The van der Waals surface area contributed by atoms with Crippen molar-refractivity contribution < 1.29 is 14.0 Å². The summed E-state index contributed by atoms with van der Waals surface area (Å²) in [6.07, 6.45) is 0.565. The van der Waals surface area contributed by atoms with Crippen LogP contribution in [0.25, 0.3) is 0 Å². The van der Waals surface area contributed by atoms with Crippen LogP contribution in [-0.4, -0.2) is 13.7 Å². The summed E-state index contributed by atoms with van der Waals surface area (Å²) in [7, 11) is 1.42. The Balaban J connectivity index is 2.90. The summed E-state index contributed by atoms with van der Waals surface area (Å²) in [5.41, 5.74) is 0.806. The number of hydrogen-bond donors (Lipinski definition) is 1. The van der Waals surface area contributed by atoms with Gasteiger partial charge in [-0.25, -0.2) is 10.3 Å². The van der Waals surface area contributed by atoms with Gasteiger partial charge in [0.1, 0.15) is 0 Å². The molecule has 0 fully saturated rings. The predicted octanol–water partition coefficient (Wildman–Crippen LogP) is 2.03. The Hall–Kier alpha value is -0.650. The van der Waals surface area contributed by atoms with Crippen LogP contribution in [0.3, 0.4) is 0 Å². The van der Waals surface area contributed by atoms with Crippen molar-refractivity contribution in [2.45, 2.75) is 6.42 Å². The molecule has 0 atom stereocenters. The van der Waals surface area contributed by atoms with Crippen molar-refractivity contribution in [3.63, 3.8) is 0 Å². The first kappa shape index (κ1) is 11.4. The molecule has 1 rings (SSSR count). The third kappa shape index (κ3) is 2.67. The normalized spacial score (nSPS) is 10.3. The van der Waals surface area contributed by atoms with E-state index in [1.165, 1.54) is 13.2 Å². The number of benzene rings is 1. The second-order valence-electron chi connectivity index (χ2n) is 2.71. The molecular formula is C9H11BrFNO2. The van der Waals surface area contributed by atoms with E-state index in [0.29, 0.717) is 17.5 Å². The number of methoxy groups -OCH3 is 1. The third-order valence-electron chi connectivity index (χ3n) is 1.77. The third-order valence-corrected chi connectivity index (χ3v) is 2.36. The van der Waals surface area contributed by atoms with Crippen molar-refractivity contribution in [1.29, 1.82) is 0 Å². The van der Waals surface area contributed by atoms with E-state index in [9.17, 15) is 4.39 Å². The highest BCUT2D eigenvalue weighted by atomic mass is 79.9. The van der Waals surface area contributed by atoms with Crippen molar-refractivity contribution in [1.82, 2.24) is 0 Å². The van der Waals surface area contributed by atoms with Crippen molar-refractivity contribution in [3.05, 3.63) is 28.0 Å². The fraction of sp³-hybridized carbons (Fsp3) is 0.333. The maximum absolute atomic E-state index is 13.3. The molecule has 5 heteroatoms. The van der Waals surface area contributed by atoms with E-state index in [1.54, 1.807) is 6.07 Å². The average molecular weight is 264 g/mol. The zero-order valence-electron chi connectivity index (χ0n) is 7.72. The molecule has 1 aromatic carbocycles. The Kier molecular flexibility index (Phi) is 4.31. The van der Waals surface area contributed by atoms with E-state index < -0.39 is 5.82 Å². The molecular weight excluding hydrogens is 253 g/mol. The topological polar surface area (TPSA) is 44.5 Å². The molecule has 78 valence electrons. The summed E-state index contributed by atoms with van der Waals surface area (Å²) in [6.45, 7) is 0.359. The maximum Gasteiger partial charge on any atom is 0.168 e. The first-order chi connectivity index (χ1) is 6.69. The second-order valence-corrected chi connectivity index (χ2v) is 3.57. The van der Waals surface area contributed by atoms with E-state index in [1.807, 2.05) is 0 Å². The molecule has 0 saturated heterocycles. The van der Waals surface area contributed by atoms with Crippen LogP contribution in [0.4, 0.5) is 4.39 Å². The minimum absolute atomic E-state index is 0.211. The number of ether oxygens (including phenoxy) is 1. The second kappa shape index (κ2) is 5.29. The van der Waals surface area contributed by atoms with Crippen LogP contribution >= 0.6 is 15.9 Å². The van der Waals surface area contributed by atoms with Gasteiger partial charge >= 0.3 is 0 Å². The summed E-state index contributed by atoms with van der Waals surface area (Å²) < 4.78 is 18.8. The van der Waals surface area contributed by atoms with Gasteiger partial charge in [0.05, 0.1) is 18.2 Å². The summed E-state index contributed by atoms with van der Waals surface area (Å²) in [4.78, 5) is 4.41. The van der Waals surface area contributed by atoms with E-state index in [2.05, 4.69) is 20.8 Å². The lowest BCUT2D eigenvalue weighted by molar-refractivity contribution is 0.141. The predicted molar refractivity (Wildman–Crippen MR) is 54.5 cm³/mol. The van der Waals surface area contributed by atoms with Crippen LogP contribution in [0.1, 0.15) is 5.56 Å². The number of nitrogens with two attached hydrogens (primary N) is 1. The SMILES string of the molecule is COc1c(F)cc(CCON)cc1Br. The van der Waals surface area contributed by atoms with Gasteiger partial charge in [-0.1, -0.05) is 0 Å². The van der Waals surface area contributed by atoms with Gasteiger partial charge in [-0.2, -0.15) is 0 Å². The zero-order valence-corrected chi connectivity index (χ0v) is 9.30. The average Bonchev–Trinajstić information content (AvgIpc) is 2.14. The van der Waals surface area contributed by atoms with E-state index in [-0.39, 0.29) is 5.75 Å². The van der Waals surface area contributed by atoms with Crippen molar-refractivity contribution in [2.24, 2.45) is 5.90 Å². The van der Waals surface area contributed by atoms with Crippen molar-refractivity contribution in [2.75, 3.05) is 13.7 Å². The number of rotatable bonds is 4. The Bertz CT molecular complexity index is 297. The smallest absolute Gasteiger partial charge is 0.168 e. The van der Waals surface area contributed by atoms with Gasteiger partial charge in [-0.05, 0) is 40.0 Å². The molecule has 0 radical (unpaired) electrons. The molecule has 0 aliphatic rings. The van der Waals surface area contributed by atoms with Crippen molar-refractivity contribution in [3.8, 4) is 5.75 Å². The molecule has 14 heavy (non-hydrogen) atoms. The first-order valence-electron chi connectivity index (χ1n) is 4.02. The molecule has 0 amide bonds. The summed E-state index contributed by atoms with van der Waals surface area (Å²) >= 11 is 3.21. The van der Waals surface area contributed by atoms with Crippen molar-refractivity contribution >= 4 is 15.9 Å². The largest absolute Gasteiger partial charge is 0.492 e. The van der Waals surface area contributed by atoms with Gasteiger partial charge in [0, 0.05) is 0 Å². The molecule has 0 aliphatic heterocycles. The lowest BCUT2D eigenvalue weighted by Gasteiger charge is -2.07. The molecule has 0 spiro atoms. The summed E-state index contributed by atoms with van der Waals surface area (Å²) in [5, 5.41) is 0. The van der Waals surface area contributed by atoms with Gasteiger partial charge < -0.3 is 9.57 Å². The quantitative estimate of drug-likeness (QED) is 0.846. The Morgan fingerprint density at radius 2 is 2.21 bits per heavy atom. The lowest BCUT2D eigenvalue weighted by atomic mass is 10.1. The minimum atomic E-state index is -0.395. The monoisotopic (exact) mass is 263 g/mol. The Morgan fingerprint density at radius 1 is 1.50 bits per heavy atom. The van der Waals surface area contributed by atoms with Crippen LogP contribution in [-0.2, 0) is 11.3 Å². The molecule has 1 aromatic rings. The Labute approximate surface area is 90.1 Å². The van der Waals surface area contributed by atoms with E-state index in [0.717, 1.165) is 5.56 Å². The highest BCUT2D eigenvalue weighted by molar-refractivity contribution is 9.10. The molecule has 0 saturated carbocycles. The highest BCUT2D eigenvalue weighted by Gasteiger charge is 2.09. The fourth-order valence-corrected chi connectivity index (χ4v) is 1.77.